The van der Waals surface area contributed by atoms with Crippen LogP contribution < -0.4 is 10.1 Å². The smallest absolute Gasteiger partial charge is 0.258 e. The fourth-order valence-electron chi connectivity index (χ4n) is 2.96. The predicted octanol–water partition coefficient (Wildman–Crippen LogP) is 3.08. The molecule has 0 saturated carbocycles. The van der Waals surface area contributed by atoms with Crippen molar-refractivity contribution in [3.63, 3.8) is 0 Å². The van der Waals surface area contributed by atoms with E-state index in [4.69, 9.17) is 13.9 Å². The van der Waals surface area contributed by atoms with E-state index in [-0.39, 0.29) is 18.6 Å². The quantitative estimate of drug-likeness (QED) is 0.679. The van der Waals surface area contributed by atoms with Gasteiger partial charge in [0.25, 0.3) is 5.91 Å². The molecule has 0 bridgehead atoms. The monoisotopic (exact) mass is 379 g/mol. The van der Waals surface area contributed by atoms with Gasteiger partial charge in [0.05, 0.1) is 6.10 Å². The van der Waals surface area contributed by atoms with Gasteiger partial charge in [-0.25, -0.2) is 0 Å². The Morgan fingerprint density at radius 3 is 2.43 bits per heavy atom. The van der Waals surface area contributed by atoms with Gasteiger partial charge in [-0.15, -0.1) is 10.2 Å². The van der Waals surface area contributed by atoms with Crippen molar-refractivity contribution in [3.05, 3.63) is 54.6 Å². The molecular weight excluding hydrogens is 358 g/mol. The minimum Gasteiger partial charge on any atom is -0.484 e. The Morgan fingerprint density at radius 2 is 1.75 bits per heavy atom. The van der Waals surface area contributed by atoms with Crippen LogP contribution in [-0.4, -0.2) is 42.0 Å². The Hall–Kier alpha value is -3.19. The van der Waals surface area contributed by atoms with E-state index in [9.17, 15) is 4.79 Å². The highest BCUT2D eigenvalue weighted by molar-refractivity contribution is 5.77. The minimum absolute atomic E-state index is 0.0369. The van der Waals surface area contributed by atoms with Crippen LogP contribution in [0.1, 0.15) is 12.8 Å². The van der Waals surface area contributed by atoms with Gasteiger partial charge in [0.2, 0.25) is 11.8 Å². The summed E-state index contributed by atoms with van der Waals surface area (Å²) in [5.74, 6) is 1.33. The van der Waals surface area contributed by atoms with Crippen LogP contribution in [-0.2, 0) is 9.53 Å². The highest BCUT2D eigenvalue weighted by Crippen LogP contribution is 2.25. The van der Waals surface area contributed by atoms with Crippen molar-refractivity contribution in [2.75, 3.05) is 19.8 Å². The molecule has 0 aliphatic carbocycles. The van der Waals surface area contributed by atoms with Crippen molar-refractivity contribution in [3.8, 4) is 28.7 Å². The molecule has 1 aliphatic heterocycles. The standard InChI is InChI=1S/C21H21N3O4/c25-19(22-13-18-7-4-12-26-18)14-27-17-10-8-16(9-11-17)21-24-23-20(28-21)15-5-2-1-3-6-15/h1-3,5-6,8-11,18H,4,7,12-14H2,(H,22,25). The fraction of sp³-hybridized carbons (Fsp3) is 0.286. The summed E-state index contributed by atoms with van der Waals surface area (Å²) in [6.07, 6.45) is 2.17. The molecule has 1 atom stereocenters. The lowest BCUT2D eigenvalue weighted by atomic mass is 10.2. The Balaban J connectivity index is 1.30. The number of hydrogen-bond acceptors (Lipinski definition) is 6. The lowest BCUT2D eigenvalue weighted by Crippen LogP contribution is -2.35. The van der Waals surface area contributed by atoms with Gasteiger partial charge < -0.3 is 19.2 Å². The molecule has 7 nitrogen and oxygen atoms in total. The number of benzene rings is 2. The van der Waals surface area contributed by atoms with Crippen LogP contribution in [0.25, 0.3) is 22.9 Å². The summed E-state index contributed by atoms with van der Waals surface area (Å²) in [7, 11) is 0. The van der Waals surface area contributed by atoms with Crippen LogP contribution in [0.4, 0.5) is 0 Å². The number of hydrogen-bond donors (Lipinski definition) is 1. The molecule has 7 heteroatoms. The summed E-state index contributed by atoms with van der Waals surface area (Å²) in [6, 6.07) is 16.8. The van der Waals surface area contributed by atoms with Crippen molar-refractivity contribution in [1.82, 2.24) is 15.5 Å². The largest absolute Gasteiger partial charge is 0.484 e. The third-order valence-corrected chi connectivity index (χ3v) is 4.47. The van der Waals surface area contributed by atoms with E-state index in [1.54, 1.807) is 12.1 Å². The predicted molar refractivity (Wildman–Crippen MR) is 103 cm³/mol. The molecule has 1 aliphatic rings. The van der Waals surface area contributed by atoms with Crippen LogP contribution in [0.15, 0.2) is 59.0 Å². The second-order valence-corrected chi connectivity index (χ2v) is 6.53. The molecular formula is C21H21N3O4. The zero-order chi connectivity index (χ0) is 19.2. The molecule has 1 N–H and O–H groups in total. The molecule has 144 valence electrons. The summed E-state index contributed by atoms with van der Waals surface area (Å²) < 4.78 is 16.7. The van der Waals surface area contributed by atoms with E-state index in [2.05, 4.69) is 15.5 Å². The Labute approximate surface area is 162 Å². The van der Waals surface area contributed by atoms with Gasteiger partial charge in [0.1, 0.15) is 5.75 Å². The third kappa shape index (κ3) is 4.55. The molecule has 28 heavy (non-hydrogen) atoms. The number of carbonyl (C=O) groups is 1. The molecule has 3 aromatic rings. The highest BCUT2D eigenvalue weighted by Gasteiger charge is 2.16. The summed E-state index contributed by atoms with van der Waals surface area (Å²) in [5, 5.41) is 11.0. The molecule has 2 aromatic carbocycles. The van der Waals surface area contributed by atoms with Gasteiger partial charge >= 0.3 is 0 Å². The zero-order valence-corrected chi connectivity index (χ0v) is 15.3. The van der Waals surface area contributed by atoms with E-state index >= 15 is 0 Å². The molecule has 0 spiro atoms. The van der Waals surface area contributed by atoms with E-state index in [0.717, 1.165) is 30.6 Å². The average molecular weight is 379 g/mol. The van der Waals surface area contributed by atoms with E-state index in [1.165, 1.54) is 0 Å². The van der Waals surface area contributed by atoms with Gasteiger partial charge in [0.15, 0.2) is 6.61 Å². The molecule has 1 fully saturated rings. The second kappa shape index (κ2) is 8.67. The first-order valence-corrected chi connectivity index (χ1v) is 9.28. The van der Waals surface area contributed by atoms with Crippen molar-refractivity contribution >= 4 is 5.91 Å². The van der Waals surface area contributed by atoms with Crippen LogP contribution in [0, 0.1) is 0 Å². The zero-order valence-electron chi connectivity index (χ0n) is 15.3. The van der Waals surface area contributed by atoms with Crippen LogP contribution >= 0.6 is 0 Å². The van der Waals surface area contributed by atoms with Gasteiger partial charge in [0, 0.05) is 24.3 Å². The van der Waals surface area contributed by atoms with Crippen molar-refractivity contribution in [2.24, 2.45) is 0 Å². The maximum atomic E-state index is 11.9. The van der Waals surface area contributed by atoms with Crippen molar-refractivity contribution in [1.29, 1.82) is 0 Å². The van der Waals surface area contributed by atoms with E-state index in [1.807, 2.05) is 42.5 Å². The number of ether oxygens (including phenoxy) is 2. The number of nitrogens with one attached hydrogen (secondary N) is 1. The normalized spacial score (nSPS) is 16.1. The molecule has 0 radical (unpaired) electrons. The molecule has 4 rings (SSSR count). The van der Waals surface area contributed by atoms with Crippen LogP contribution in [0.5, 0.6) is 5.75 Å². The number of aromatic nitrogens is 2. The van der Waals surface area contributed by atoms with Crippen molar-refractivity contribution in [2.45, 2.75) is 18.9 Å². The third-order valence-electron chi connectivity index (χ3n) is 4.47. The minimum atomic E-state index is -0.163. The summed E-state index contributed by atoms with van der Waals surface area (Å²) in [6.45, 7) is 1.27. The Morgan fingerprint density at radius 1 is 1.04 bits per heavy atom. The van der Waals surface area contributed by atoms with Gasteiger partial charge in [-0.2, -0.15) is 0 Å². The van der Waals surface area contributed by atoms with Crippen molar-refractivity contribution < 1.29 is 18.7 Å². The fourth-order valence-corrected chi connectivity index (χ4v) is 2.96. The summed E-state index contributed by atoms with van der Waals surface area (Å²) in [4.78, 5) is 11.9. The highest BCUT2D eigenvalue weighted by atomic mass is 16.5. The van der Waals surface area contributed by atoms with E-state index < -0.39 is 0 Å². The number of carbonyl (C=O) groups excluding carboxylic acids is 1. The van der Waals surface area contributed by atoms with Crippen LogP contribution in [0.3, 0.4) is 0 Å². The number of amides is 1. The number of nitrogens with zero attached hydrogens (tertiary/aromatic N) is 2. The lowest BCUT2D eigenvalue weighted by Gasteiger charge is -2.11. The lowest BCUT2D eigenvalue weighted by molar-refractivity contribution is -0.123. The molecule has 2 heterocycles. The second-order valence-electron chi connectivity index (χ2n) is 6.53. The SMILES string of the molecule is O=C(COc1ccc(-c2nnc(-c3ccccc3)o2)cc1)NCC1CCCO1. The Bertz CT molecular complexity index is 903. The number of rotatable bonds is 7. The molecule has 1 amide bonds. The molecule has 1 saturated heterocycles. The van der Waals surface area contributed by atoms with Gasteiger partial charge in [-0.1, -0.05) is 18.2 Å². The maximum Gasteiger partial charge on any atom is 0.258 e. The van der Waals surface area contributed by atoms with Gasteiger partial charge in [-0.3, -0.25) is 4.79 Å². The summed E-state index contributed by atoms with van der Waals surface area (Å²) >= 11 is 0. The van der Waals surface area contributed by atoms with E-state index in [0.29, 0.717) is 24.1 Å². The first-order chi connectivity index (χ1) is 13.8. The first-order valence-electron chi connectivity index (χ1n) is 9.28. The summed E-state index contributed by atoms with van der Waals surface area (Å²) in [5.41, 5.74) is 1.65. The maximum absolute atomic E-state index is 11.9. The average Bonchev–Trinajstić information content (AvgIpc) is 3.44. The topological polar surface area (TPSA) is 86.5 Å². The van der Waals surface area contributed by atoms with Crippen LogP contribution in [0.2, 0.25) is 0 Å². The molecule has 1 unspecified atom stereocenters. The van der Waals surface area contributed by atoms with Gasteiger partial charge in [-0.05, 0) is 49.2 Å². The Kier molecular flexibility index (Phi) is 5.63. The molecule has 1 aromatic heterocycles. The first kappa shape index (κ1) is 18.2.